The summed E-state index contributed by atoms with van der Waals surface area (Å²) >= 11 is 0. The quantitative estimate of drug-likeness (QED) is 0.440. The fourth-order valence-electron chi connectivity index (χ4n) is 1.57. The van der Waals surface area contributed by atoms with Gasteiger partial charge in [-0.25, -0.2) is 0 Å². The van der Waals surface area contributed by atoms with E-state index in [4.69, 9.17) is 0 Å². The second-order valence-electron chi connectivity index (χ2n) is 3.53. The Hall–Kier alpha value is -2.37. The molecular weight excluding hydrogens is 234 g/mol. The van der Waals surface area contributed by atoms with Crippen LogP contribution in [0.25, 0.3) is 0 Å². The summed E-state index contributed by atoms with van der Waals surface area (Å²) in [6.07, 6.45) is 3.89. The van der Waals surface area contributed by atoms with E-state index in [9.17, 15) is 14.4 Å². The highest BCUT2D eigenvalue weighted by Crippen LogP contribution is 2.22. The van der Waals surface area contributed by atoms with Gasteiger partial charge in [-0.3, -0.25) is 14.4 Å². The predicted molar refractivity (Wildman–Crippen MR) is 66.4 cm³/mol. The Kier molecular flexibility index (Phi) is 4.42. The minimum Gasteiger partial charge on any atom is -0.393 e. The first-order chi connectivity index (χ1) is 8.58. The molecule has 6 heteroatoms. The summed E-state index contributed by atoms with van der Waals surface area (Å²) < 4.78 is 0. The summed E-state index contributed by atoms with van der Waals surface area (Å²) in [5.41, 5.74) is -0.166. The number of allylic oxidation sites excluding steroid dienone is 3. The Balaban J connectivity index is 3.38. The van der Waals surface area contributed by atoms with Crippen LogP contribution < -0.4 is 16.0 Å². The van der Waals surface area contributed by atoms with Crippen LogP contribution in [0.1, 0.15) is 0 Å². The van der Waals surface area contributed by atoms with E-state index in [1.807, 2.05) is 0 Å². The van der Waals surface area contributed by atoms with Crippen molar-refractivity contribution in [3.05, 3.63) is 35.3 Å². The van der Waals surface area contributed by atoms with Gasteiger partial charge in [0.1, 0.15) is 0 Å². The van der Waals surface area contributed by atoms with Crippen LogP contribution >= 0.6 is 0 Å². The minimum absolute atomic E-state index is 0.0555. The van der Waals surface area contributed by atoms with E-state index in [0.29, 0.717) is 0 Å². The van der Waals surface area contributed by atoms with E-state index in [0.717, 1.165) is 0 Å². The number of carbonyl (C=O) groups is 3. The monoisotopic (exact) mass is 249 g/mol. The van der Waals surface area contributed by atoms with Crippen LogP contribution in [0.2, 0.25) is 0 Å². The molecule has 1 aliphatic rings. The number of carbonyl (C=O) groups excluding carboxylic acids is 3. The van der Waals surface area contributed by atoms with E-state index in [1.54, 1.807) is 21.1 Å². The number of hydrogen-bond acceptors (Lipinski definition) is 6. The Labute approximate surface area is 105 Å². The molecule has 0 radical (unpaired) electrons. The first-order valence-electron chi connectivity index (χ1n) is 5.34. The van der Waals surface area contributed by atoms with Crippen LogP contribution in [0, 0.1) is 0 Å². The van der Waals surface area contributed by atoms with Gasteiger partial charge in [0.05, 0.1) is 16.7 Å². The summed E-state index contributed by atoms with van der Waals surface area (Å²) in [5, 5.41) is 7.88. The maximum absolute atomic E-state index is 12.0. The molecule has 6 nitrogen and oxygen atoms in total. The zero-order chi connectivity index (χ0) is 13.7. The molecule has 1 rings (SSSR count). The third kappa shape index (κ3) is 2.32. The van der Waals surface area contributed by atoms with Crippen LogP contribution in [0.3, 0.4) is 0 Å². The molecule has 96 valence electrons. The molecular formula is C12H15N3O3. The average Bonchev–Trinajstić information content (AvgIpc) is 2.35. The van der Waals surface area contributed by atoms with Crippen LogP contribution in [-0.2, 0) is 14.4 Å². The number of nitrogens with one attached hydrogen (secondary N) is 3. The SMILES string of the molecule is CNC=C1C(=O)C(=CNC)C(=O)C(=CNC)C1=O. The second-order valence-corrected chi connectivity index (χ2v) is 3.53. The lowest BCUT2D eigenvalue weighted by Gasteiger charge is -2.17. The van der Waals surface area contributed by atoms with E-state index in [1.165, 1.54) is 18.6 Å². The van der Waals surface area contributed by atoms with E-state index < -0.39 is 17.3 Å². The molecule has 18 heavy (non-hydrogen) atoms. The molecule has 0 spiro atoms. The smallest absolute Gasteiger partial charge is 0.203 e. The second kappa shape index (κ2) is 5.81. The first kappa shape index (κ1) is 13.7. The highest BCUT2D eigenvalue weighted by Gasteiger charge is 2.38. The molecule has 0 aromatic carbocycles. The normalized spacial score (nSPS) is 15.5. The van der Waals surface area contributed by atoms with Crippen molar-refractivity contribution < 1.29 is 14.4 Å². The van der Waals surface area contributed by atoms with Crippen molar-refractivity contribution in [1.82, 2.24) is 16.0 Å². The minimum atomic E-state index is -0.582. The molecule has 0 aromatic rings. The summed E-state index contributed by atoms with van der Waals surface area (Å²) in [5.74, 6) is -1.74. The fraction of sp³-hybridized carbons (Fsp3) is 0.250. The zero-order valence-electron chi connectivity index (χ0n) is 10.5. The predicted octanol–water partition coefficient (Wildman–Crippen LogP) is -0.983. The number of ketones is 3. The van der Waals surface area contributed by atoms with E-state index >= 15 is 0 Å². The Morgan fingerprint density at radius 1 is 0.611 bits per heavy atom. The van der Waals surface area contributed by atoms with Gasteiger partial charge in [-0.15, -0.1) is 0 Å². The number of Topliss-reactive ketones (excluding diaryl/α,β-unsaturated/α-hetero) is 3. The topological polar surface area (TPSA) is 87.3 Å². The van der Waals surface area contributed by atoms with Gasteiger partial charge < -0.3 is 16.0 Å². The largest absolute Gasteiger partial charge is 0.393 e. The molecule has 0 unspecified atom stereocenters. The van der Waals surface area contributed by atoms with E-state index in [2.05, 4.69) is 16.0 Å². The van der Waals surface area contributed by atoms with Crippen molar-refractivity contribution in [1.29, 1.82) is 0 Å². The maximum Gasteiger partial charge on any atom is 0.203 e. The van der Waals surface area contributed by atoms with Crippen LogP contribution in [-0.4, -0.2) is 38.5 Å². The average molecular weight is 249 g/mol. The van der Waals surface area contributed by atoms with Gasteiger partial charge in [-0.1, -0.05) is 0 Å². The molecule has 0 amide bonds. The molecule has 3 N–H and O–H groups in total. The van der Waals surface area contributed by atoms with Crippen LogP contribution in [0.4, 0.5) is 0 Å². The van der Waals surface area contributed by atoms with Crippen molar-refractivity contribution in [2.45, 2.75) is 0 Å². The van der Waals surface area contributed by atoms with Crippen molar-refractivity contribution >= 4 is 17.3 Å². The highest BCUT2D eigenvalue weighted by atomic mass is 16.2. The van der Waals surface area contributed by atoms with Gasteiger partial charge in [-0.2, -0.15) is 0 Å². The van der Waals surface area contributed by atoms with Gasteiger partial charge >= 0.3 is 0 Å². The third-order valence-electron chi connectivity index (χ3n) is 2.33. The Morgan fingerprint density at radius 2 is 0.833 bits per heavy atom. The van der Waals surface area contributed by atoms with Crippen molar-refractivity contribution in [3.8, 4) is 0 Å². The maximum atomic E-state index is 12.0. The first-order valence-corrected chi connectivity index (χ1v) is 5.34. The van der Waals surface area contributed by atoms with Crippen LogP contribution in [0.15, 0.2) is 35.3 Å². The van der Waals surface area contributed by atoms with Crippen molar-refractivity contribution in [3.63, 3.8) is 0 Å². The number of rotatable bonds is 3. The van der Waals surface area contributed by atoms with Gasteiger partial charge in [0.15, 0.2) is 0 Å². The zero-order valence-corrected chi connectivity index (χ0v) is 10.5. The highest BCUT2D eigenvalue weighted by molar-refractivity contribution is 6.51. The number of hydrogen-bond donors (Lipinski definition) is 3. The molecule has 0 bridgehead atoms. The lowest BCUT2D eigenvalue weighted by atomic mass is 9.84. The fourth-order valence-corrected chi connectivity index (χ4v) is 1.57. The molecule has 0 atom stereocenters. The van der Waals surface area contributed by atoms with Crippen LogP contribution in [0.5, 0.6) is 0 Å². The van der Waals surface area contributed by atoms with Gasteiger partial charge in [0, 0.05) is 39.7 Å². The lowest BCUT2D eigenvalue weighted by molar-refractivity contribution is -0.124. The molecule has 1 saturated carbocycles. The van der Waals surface area contributed by atoms with Crippen molar-refractivity contribution in [2.75, 3.05) is 21.1 Å². The standard InChI is InChI=1S/C12H15N3O3/c1-13-4-7-10(16)8(5-14-2)12(18)9(6-15-3)11(7)17/h4-6,13-15H,1-3H3. The molecule has 0 heterocycles. The third-order valence-corrected chi connectivity index (χ3v) is 2.33. The van der Waals surface area contributed by atoms with Gasteiger partial charge in [0.25, 0.3) is 0 Å². The Morgan fingerprint density at radius 3 is 1.00 bits per heavy atom. The summed E-state index contributed by atoms with van der Waals surface area (Å²) in [7, 11) is 4.73. The van der Waals surface area contributed by atoms with E-state index in [-0.39, 0.29) is 16.7 Å². The summed E-state index contributed by atoms with van der Waals surface area (Å²) in [6.45, 7) is 0. The van der Waals surface area contributed by atoms with Gasteiger partial charge in [0.2, 0.25) is 17.3 Å². The molecule has 0 aromatic heterocycles. The van der Waals surface area contributed by atoms with Crippen molar-refractivity contribution in [2.24, 2.45) is 0 Å². The lowest BCUT2D eigenvalue weighted by Crippen LogP contribution is -2.34. The van der Waals surface area contributed by atoms with Gasteiger partial charge in [-0.05, 0) is 0 Å². The molecule has 1 fully saturated rings. The summed E-state index contributed by atoms with van der Waals surface area (Å²) in [6, 6.07) is 0. The molecule has 0 saturated heterocycles. The molecule has 1 aliphatic carbocycles. The molecule has 0 aliphatic heterocycles. The summed E-state index contributed by atoms with van der Waals surface area (Å²) in [4.78, 5) is 35.9. The Bertz CT molecular complexity index is 391.